The van der Waals surface area contributed by atoms with E-state index < -0.39 is 6.04 Å². The summed E-state index contributed by atoms with van der Waals surface area (Å²) in [5.41, 5.74) is 3.95. The first-order valence-electron chi connectivity index (χ1n) is 11.6. The summed E-state index contributed by atoms with van der Waals surface area (Å²) in [4.78, 5) is 28.4. The van der Waals surface area contributed by atoms with E-state index in [0.717, 1.165) is 11.1 Å². The van der Waals surface area contributed by atoms with Crippen LogP contribution >= 0.6 is 35.0 Å². The van der Waals surface area contributed by atoms with Gasteiger partial charge in [0.05, 0.1) is 5.75 Å². The maximum atomic E-state index is 13.6. The minimum atomic E-state index is -0.697. The molecule has 0 aromatic heterocycles. The van der Waals surface area contributed by atoms with E-state index in [1.807, 2.05) is 43.3 Å². The lowest BCUT2D eigenvalue weighted by Gasteiger charge is -2.32. The van der Waals surface area contributed by atoms with Crippen LogP contribution in [0.3, 0.4) is 0 Å². The minimum absolute atomic E-state index is 0.133. The van der Waals surface area contributed by atoms with Crippen molar-refractivity contribution in [2.24, 2.45) is 0 Å². The summed E-state index contributed by atoms with van der Waals surface area (Å²) in [6.07, 6.45) is 0.392. The Morgan fingerprint density at radius 3 is 2.26 bits per heavy atom. The molecule has 0 aliphatic rings. The zero-order chi connectivity index (χ0) is 25.2. The number of likely N-dealkylation sites (N-methyl/N-ethyl adjacent to an activating group) is 1. The molecule has 0 fully saturated rings. The Labute approximate surface area is 222 Å². The van der Waals surface area contributed by atoms with Gasteiger partial charge in [0.1, 0.15) is 6.04 Å². The largest absolute Gasteiger partial charge is 0.355 e. The molecule has 0 saturated heterocycles. The average molecular weight is 530 g/mol. The fraction of sp³-hybridized carbons (Fsp3) is 0.286. The van der Waals surface area contributed by atoms with Gasteiger partial charge in [-0.1, -0.05) is 89.4 Å². The highest BCUT2D eigenvalue weighted by Gasteiger charge is 2.31. The molecule has 1 N–H and O–H groups in total. The van der Waals surface area contributed by atoms with Crippen molar-refractivity contribution in [3.8, 4) is 0 Å². The Kier molecular flexibility index (Phi) is 10.5. The number of benzene rings is 3. The van der Waals surface area contributed by atoms with Gasteiger partial charge in [-0.05, 0) is 37.1 Å². The fourth-order valence-corrected chi connectivity index (χ4v) is 5.22. The molecule has 7 heteroatoms. The Morgan fingerprint density at radius 2 is 1.60 bits per heavy atom. The predicted molar refractivity (Wildman–Crippen MR) is 147 cm³/mol. The number of amides is 2. The molecule has 0 aliphatic heterocycles. The molecule has 184 valence electrons. The molecule has 3 aromatic carbocycles. The Bertz CT molecular complexity index is 1120. The van der Waals surface area contributed by atoms with Gasteiger partial charge in [-0.2, -0.15) is 0 Å². The predicted octanol–water partition coefficient (Wildman–Crippen LogP) is 6.31. The standard InChI is InChI=1S/C28H30Cl2N2O2S/c1-3-31-28(34)26(16-21-10-5-4-6-11-21)32(17-23-24(29)13-8-14-25(23)30)27(33)19-35-18-22-12-7-9-20(2)15-22/h4-15,26H,3,16-19H2,1-2H3,(H,31,34)/t26-/m0/s1. The number of rotatable bonds is 11. The molecule has 0 radical (unpaired) electrons. The first-order valence-corrected chi connectivity index (χ1v) is 13.5. The monoisotopic (exact) mass is 528 g/mol. The number of hydrogen-bond acceptors (Lipinski definition) is 3. The molecule has 0 bridgehead atoms. The van der Waals surface area contributed by atoms with Gasteiger partial charge in [-0.3, -0.25) is 9.59 Å². The maximum Gasteiger partial charge on any atom is 0.243 e. The fourth-order valence-electron chi connectivity index (χ4n) is 3.84. The van der Waals surface area contributed by atoms with Crippen LogP contribution in [0.25, 0.3) is 0 Å². The minimum Gasteiger partial charge on any atom is -0.355 e. The van der Waals surface area contributed by atoms with Crippen molar-refractivity contribution in [3.63, 3.8) is 0 Å². The zero-order valence-electron chi connectivity index (χ0n) is 20.0. The molecule has 0 spiro atoms. The highest BCUT2D eigenvalue weighted by atomic mass is 35.5. The number of halogens is 2. The number of thioether (sulfide) groups is 1. The summed E-state index contributed by atoms with van der Waals surface area (Å²) in [7, 11) is 0. The summed E-state index contributed by atoms with van der Waals surface area (Å²) >= 11 is 14.4. The SMILES string of the molecule is CCNC(=O)[C@H](Cc1ccccc1)N(Cc1c(Cl)cccc1Cl)C(=O)CSCc1cccc(C)c1. The summed E-state index contributed by atoms with van der Waals surface area (Å²) in [5.74, 6) is 0.613. The van der Waals surface area contributed by atoms with Crippen LogP contribution in [0, 0.1) is 6.92 Å². The van der Waals surface area contributed by atoms with Crippen LogP contribution in [-0.4, -0.2) is 35.1 Å². The number of carbonyl (C=O) groups excluding carboxylic acids is 2. The van der Waals surface area contributed by atoms with E-state index in [9.17, 15) is 9.59 Å². The summed E-state index contributed by atoms with van der Waals surface area (Å²) in [6.45, 7) is 4.54. The van der Waals surface area contributed by atoms with Crippen LogP contribution in [0.4, 0.5) is 0 Å². The van der Waals surface area contributed by atoms with Crippen LogP contribution in [0.1, 0.15) is 29.2 Å². The van der Waals surface area contributed by atoms with Crippen molar-refractivity contribution in [1.82, 2.24) is 10.2 Å². The van der Waals surface area contributed by atoms with Gasteiger partial charge < -0.3 is 10.2 Å². The van der Waals surface area contributed by atoms with Gasteiger partial charge >= 0.3 is 0 Å². The molecule has 0 aliphatic carbocycles. The van der Waals surface area contributed by atoms with Crippen LogP contribution in [0.2, 0.25) is 10.0 Å². The second-order valence-corrected chi connectivity index (χ2v) is 10.1. The van der Waals surface area contributed by atoms with Crippen molar-refractivity contribution in [2.45, 2.75) is 38.6 Å². The number of aryl methyl sites for hydroxylation is 1. The van der Waals surface area contributed by atoms with Gasteiger partial charge in [0.2, 0.25) is 11.8 Å². The average Bonchev–Trinajstić information content (AvgIpc) is 2.83. The Morgan fingerprint density at radius 1 is 0.943 bits per heavy atom. The van der Waals surface area contributed by atoms with Crippen LogP contribution in [0.15, 0.2) is 72.8 Å². The molecular formula is C28H30Cl2N2O2S. The van der Waals surface area contributed by atoms with Gasteiger partial charge in [0, 0.05) is 40.9 Å². The molecule has 0 unspecified atom stereocenters. The van der Waals surface area contributed by atoms with E-state index >= 15 is 0 Å². The smallest absolute Gasteiger partial charge is 0.243 e. The molecule has 3 aromatic rings. The van der Waals surface area contributed by atoms with Gasteiger partial charge in [-0.25, -0.2) is 0 Å². The number of carbonyl (C=O) groups is 2. The normalized spacial score (nSPS) is 11.7. The molecule has 35 heavy (non-hydrogen) atoms. The van der Waals surface area contributed by atoms with Crippen molar-refractivity contribution >= 4 is 46.8 Å². The molecular weight excluding hydrogens is 499 g/mol. The number of nitrogens with one attached hydrogen (secondary N) is 1. The highest BCUT2D eigenvalue weighted by Crippen LogP contribution is 2.28. The van der Waals surface area contributed by atoms with E-state index in [2.05, 4.69) is 30.4 Å². The number of hydrogen-bond donors (Lipinski definition) is 1. The molecule has 3 rings (SSSR count). The van der Waals surface area contributed by atoms with E-state index in [1.165, 1.54) is 17.3 Å². The van der Waals surface area contributed by atoms with Gasteiger partial charge in [-0.15, -0.1) is 11.8 Å². The maximum absolute atomic E-state index is 13.6. The Balaban J connectivity index is 1.87. The van der Waals surface area contributed by atoms with Crippen molar-refractivity contribution in [1.29, 1.82) is 0 Å². The van der Waals surface area contributed by atoms with E-state index in [1.54, 1.807) is 23.1 Å². The molecule has 0 heterocycles. The van der Waals surface area contributed by atoms with Crippen molar-refractivity contribution in [3.05, 3.63) is 105 Å². The first-order chi connectivity index (χ1) is 16.9. The third kappa shape index (κ3) is 8.03. The van der Waals surface area contributed by atoms with E-state index in [0.29, 0.717) is 34.3 Å². The lowest BCUT2D eigenvalue weighted by molar-refractivity contribution is -0.139. The van der Waals surface area contributed by atoms with Crippen molar-refractivity contribution < 1.29 is 9.59 Å². The third-order valence-corrected chi connectivity index (χ3v) is 7.29. The zero-order valence-corrected chi connectivity index (χ0v) is 22.3. The van der Waals surface area contributed by atoms with Gasteiger partial charge in [0.25, 0.3) is 0 Å². The molecule has 0 saturated carbocycles. The summed E-state index contributed by atoms with van der Waals surface area (Å²) in [6, 6.07) is 22.5. The van der Waals surface area contributed by atoms with Crippen LogP contribution in [0.5, 0.6) is 0 Å². The third-order valence-electron chi connectivity index (χ3n) is 5.59. The van der Waals surface area contributed by atoms with Crippen LogP contribution < -0.4 is 5.32 Å². The van der Waals surface area contributed by atoms with E-state index in [-0.39, 0.29) is 24.1 Å². The molecule has 2 amide bonds. The summed E-state index contributed by atoms with van der Waals surface area (Å²) < 4.78 is 0. The second-order valence-electron chi connectivity index (χ2n) is 8.30. The Hall–Kier alpha value is -2.47. The second kappa shape index (κ2) is 13.6. The van der Waals surface area contributed by atoms with E-state index in [4.69, 9.17) is 23.2 Å². The topological polar surface area (TPSA) is 49.4 Å². The quantitative estimate of drug-likeness (QED) is 0.317. The van der Waals surface area contributed by atoms with Crippen molar-refractivity contribution in [2.75, 3.05) is 12.3 Å². The molecule has 4 nitrogen and oxygen atoms in total. The number of nitrogens with zero attached hydrogens (tertiary/aromatic N) is 1. The lowest BCUT2D eigenvalue weighted by Crippen LogP contribution is -2.51. The lowest BCUT2D eigenvalue weighted by atomic mass is 10.0. The summed E-state index contributed by atoms with van der Waals surface area (Å²) in [5, 5.41) is 3.84. The van der Waals surface area contributed by atoms with Gasteiger partial charge in [0.15, 0.2) is 0 Å². The van der Waals surface area contributed by atoms with Crippen LogP contribution in [-0.2, 0) is 28.3 Å². The first kappa shape index (κ1) is 27.1. The highest BCUT2D eigenvalue weighted by molar-refractivity contribution is 7.99. The molecule has 1 atom stereocenters.